The fourth-order valence-corrected chi connectivity index (χ4v) is 6.44. The minimum Gasteiger partial charge on any atom is -0.496 e. The number of halogens is 4. The van der Waals surface area contributed by atoms with Gasteiger partial charge in [0, 0.05) is 35.3 Å². The zero-order valence-corrected chi connectivity index (χ0v) is 36.0. The Morgan fingerprint density at radius 1 is 0.689 bits per heavy atom. The molecule has 19 heteroatoms. The van der Waals surface area contributed by atoms with Crippen LogP contribution in [0.4, 0.5) is 8.78 Å². The Morgan fingerprint density at radius 2 is 1.10 bits per heavy atom. The van der Waals surface area contributed by atoms with Crippen molar-refractivity contribution in [2.75, 3.05) is 26.7 Å². The van der Waals surface area contributed by atoms with Gasteiger partial charge in [-0.3, -0.25) is 9.78 Å². The number of hydrogen-bond acceptors (Lipinski definition) is 10. The van der Waals surface area contributed by atoms with Crippen molar-refractivity contribution in [2.24, 2.45) is 5.14 Å². The number of carbonyl (C=O) groups is 2. The Morgan fingerprint density at radius 3 is 1.43 bits per heavy atom. The van der Waals surface area contributed by atoms with E-state index >= 15 is 8.78 Å². The summed E-state index contributed by atoms with van der Waals surface area (Å²) in [7, 11) is -3.91. The number of amides is 1. The first-order valence-electron chi connectivity index (χ1n) is 17.5. The largest absolute Gasteiger partial charge is 0.496 e. The van der Waals surface area contributed by atoms with Gasteiger partial charge in [0.25, 0.3) is 5.91 Å². The van der Waals surface area contributed by atoms with E-state index in [9.17, 15) is 26.4 Å². The fourth-order valence-electron chi connectivity index (χ4n) is 5.62. The maximum absolute atomic E-state index is 15.3. The van der Waals surface area contributed by atoms with E-state index in [1.165, 1.54) is 38.7 Å². The molecule has 320 valence electrons. The lowest BCUT2D eigenvalue weighted by Crippen LogP contribution is -2.29. The molecule has 13 nitrogen and oxygen atoms in total. The molecular weight excluding hydrogens is 878 g/mol. The van der Waals surface area contributed by atoms with E-state index in [2.05, 4.69) is 15.1 Å². The number of hydrogen-bond donors (Lipinski definition) is 3. The van der Waals surface area contributed by atoms with Gasteiger partial charge in [0.2, 0.25) is 20.0 Å². The SMILES string of the molecule is COc1ccc(Cc2ccc(C(=O)NS(C)(=O)=O)nc2)c(F)c1-c1cccc(Cl)c1.COc1ccc(Cc2ccc(C(=O)O)nc2)c(F)c1-c1cccc(Cl)c1.CS(N)(=O)=O. The molecule has 0 bridgehead atoms. The summed E-state index contributed by atoms with van der Waals surface area (Å²) in [6.45, 7) is 0. The number of benzene rings is 4. The summed E-state index contributed by atoms with van der Waals surface area (Å²) in [6, 6.07) is 26.4. The third-order valence-corrected chi connectivity index (χ3v) is 9.23. The Hall–Kier alpha value is -5.98. The maximum atomic E-state index is 15.3. The van der Waals surface area contributed by atoms with E-state index in [0.717, 1.165) is 12.5 Å². The second-order valence-electron chi connectivity index (χ2n) is 13.0. The number of ether oxygens (including phenoxy) is 2. The highest BCUT2D eigenvalue weighted by atomic mass is 35.5. The number of sulfonamides is 2. The zero-order chi connectivity index (χ0) is 45.1. The maximum Gasteiger partial charge on any atom is 0.354 e. The minimum atomic E-state index is -3.69. The Balaban J connectivity index is 0.000000244. The van der Waals surface area contributed by atoms with Crippen LogP contribution in [0.1, 0.15) is 43.2 Å². The lowest BCUT2D eigenvalue weighted by molar-refractivity contribution is 0.0690. The summed E-state index contributed by atoms with van der Waals surface area (Å²) in [5.41, 5.74) is 3.94. The first-order chi connectivity index (χ1) is 28.7. The van der Waals surface area contributed by atoms with Crippen LogP contribution in [0, 0.1) is 11.6 Å². The van der Waals surface area contributed by atoms with E-state index < -0.39 is 43.6 Å². The predicted octanol–water partition coefficient (Wildman–Crippen LogP) is 7.57. The normalized spacial score (nSPS) is 11.0. The number of aromatic carboxylic acids is 1. The highest BCUT2D eigenvalue weighted by Gasteiger charge is 2.19. The average molecular weight is 916 g/mol. The fraction of sp³-hybridized carbons (Fsp3) is 0.143. The minimum absolute atomic E-state index is 0.0523. The van der Waals surface area contributed by atoms with Crippen molar-refractivity contribution in [2.45, 2.75) is 12.8 Å². The molecule has 0 atom stereocenters. The van der Waals surface area contributed by atoms with Crippen LogP contribution in [0.3, 0.4) is 0 Å². The summed E-state index contributed by atoms with van der Waals surface area (Å²) < 4.78 is 84.1. The number of rotatable bonds is 11. The van der Waals surface area contributed by atoms with Crippen molar-refractivity contribution in [3.63, 3.8) is 0 Å². The molecule has 0 fully saturated rings. The zero-order valence-electron chi connectivity index (χ0n) is 32.8. The topological polar surface area (TPSA) is 205 Å². The molecular formula is C42H38Cl2F2N4O9S2. The molecule has 4 aromatic carbocycles. The van der Waals surface area contributed by atoms with Crippen LogP contribution in [-0.4, -0.2) is 70.5 Å². The highest BCUT2D eigenvalue weighted by molar-refractivity contribution is 7.89. The van der Waals surface area contributed by atoms with Crippen molar-refractivity contribution in [3.8, 4) is 33.8 Å². The van der Waals surface area contributed by atoms with Crippen molar-refractivity contribution < 1.29 is 49.8 Å². The molecule has 1 amide bonds. The van der Waals surface area contributed by atoms with E-state index in [1.54, 1.807) is 84.9 Å². The molecule has 6 rings (SSSR count). The number of carbonyl (C=O) groups excluding carboxylic acids is 1. The van der Waals surface area contributed by atoms with Gasteiger partial charge in [-0.15, -0.1) is 0 Å². The van der Waals surface area contributed by atoms with E-state index in [4.69, 9.17) is 37.8 Å². The van der Waals surface area contributed by atoms with E-state index in [0.29, 0.717) is 66.1 Å². The first kappa shape index (κ1) is 47.7. The quantitative estimate of drug-likeness (QED) is 0.116. The number of pyridine rings is 2. The number of aromatic nitrogens is 2. The van der Waals surface area contributed by atoms with Gasteiger partial charge in [-0.25, -0.2) is 45.3 Å². The Labute approximate surface area is 361 Å². The van der Waals surface area contributed by atoms with Gasteiger partial charge in [0.15, 0.2) is 0 Å². The van der Waals surface area contributed by atoms with Gasteiger partial charge < -0.3 is 14.6 Å². The van der Waals surface area contributed by atoms with Crippen molar-refractivity contribution in [1.82, 2.24) is 14.7 Å². The van der Waals surface area contributed by atoms with E-state index in [-0.39, 0.29) is 24.2 Å². The lowest BCUT2D eigenvalue weighted by Gasteiger charge is -2.14. The molecule has 2 heterocycles. The Bertz CT molecular complexity index is 2750. The van der Waals surface area contributed by atoms with Crippen molar-refractivity contribution in [3.05, 3.63) is 165 Å². The van der Waals surface area contributed by atoms with Gasteiger partial charge in [0.05, 0.1) is 37.9 Å². The summed E-state index contributed by atoms with van der Waals surface area (Å²) >= 11 is 12.1. The smallest absolute Gasteiger partial charge is 0.354 e. The standard InChI is InChI=1S/C21H18ClFN2O4S.C20H15ClFNO3.CH5NO2S/c1-29-18-9-7-15(20(23)19(18)14-4-3-5-16(22)11-14)10-13-6-8-17(24-12-13)21(26)25-30(2,27)28;1-26-17-8-6-14(9-12-5-7-16(20(24)25)23-11-12)19(22)18(17)13-3-2-4-15(21)10-13;1-5(2,3)4/h3-9,11-12H,10H2,1-2H3,(H,25,26);2-8,10-11H,9H2,1H3,(H,24,25);1H3,(H2,2,3,4). The summed E-state index contributed by atoms with van der Waals surface area (Å²) in [5.74, 6) is -2.00. The Kier molecular flexibility index (Phi) is 16.4. The average Bonchev–Trinajstić information content (AvgIpc) is 3.18. The first-order valence-corrected chi connectivity index (χ1v) is 22.1. The molecule has 0 spiro atoms. The number of methoxy groups -OCH3 is 2. The van der Waals surface area contributed by atoms with Crippen LogP contribution in [-0.2, 0) is 32.9 Å². The lowest BCUT2D eigenvalue weighted by atomic mass is 9.97. The number of carboxylic acid groups (broad SMARTS) is 1. The van der Waals surface area contributed by atoms with Gasteiger partial charge in [-0.2, -0.15) is 0 Å². The molecule has 4 N–H and O–H groups in total. The molecule has 6 aromatic rings. The summed E-state index contributed by atoms with van der Waals surface area (Å²) in [4.78, 5) is 30.6. The monoisotopic (exact) mass is 914 g/mol. The summed E-state index contributed by atoms with van der Waals surface area (Å²) in [5, 5.41) is 14.2. The van der Waals surface area contributed by atoms with E-state index in [1.807, 2.05) is 4.72 Å². The van der Waals surface area contributed by atoms with Gasteiger partial charge >= 0.3 is 5.97 Å². The van der Waals surface area contributed by atoms with Crippen LogP contribution in [0.25, 0.3) is 22.3 Å². The number of nitrogens with zero attached hydrogens (tertiary/aromatic N) is 2. The van der Waals surface area contributed by atoms with Crippen LogP contribution >= 0.6 is 23.2 Å². The van der Waals surface area contributed by atoms with Crippen LogP contribution in [0.15, 0.2) is 109 Å². The molecule has 0 saturated heterocycles. The second kappa shape index (κ2) is 21.0. The van der Waals surface area contributed by atoms with Crippen molar-refractivity contribution in [1.29, 1.82) is 0 Å². The molecule has 0 aliphatic rings. The van der Waals surface area contributed by atoms with Crippen LogP contribution in [0.2, 0.25) is 10.0 Å². The number of nitrogens with one attached hydrogen (secondary N) is 1. The second-order valence-corrected chi connectivity index (χ2v) is 17.3. The van der Waals surface area contributed by atoms with Gasteiger partial charge in [0.1, 0.15) is 34.5 Å². The molecule has 0 aliphatic carbocycles. The molecule has 2 aromatic heterocycles. The predicted molar refractivity (Wildman–Crippen MR) is 229 cm³/mol. The third-order valence-electron chi connectivity index (χ3n) is 8.20. The molecule has 0 unspecified atom stereocenters. The number of nitrogens with two attached hydrogens (primary N) is 1. The molecule has 0 radical (unpaired) electrons. The van der Waals surface area contributed by atoms with Gasteiger partial charge in [-0.05, 0) is 81.9 Å². The molecule has 0 aliphatic heterocycles. The van der Waals surface area contributed by atoms with Crippen LogP contribution < -0.4 is 19.3 Å². The van der Waals surface area contributed by atoms with Crippen molar-refractivity contribution >= 4 is 55.1 Å². The third kappa shape index (κ3) is 14.3. The molecule has 61 heavy (non-hydrogen) atoms. The van der Waals surface area contributed by atoms with Gasteiger partial charge in [-0.1, -0.05) is 71.7 Å². The number of primary sulfonamides is 1. The number of carboxylic acids is 1. The highest BCUT2D eigenvalue weighted by Crippen LogP contribution is 2.37. The van der Waals surface area contributed by atoms with Crippen LogP contribution in [0.5, 0.6) is 11.5 Å². The summed E-state index contributed by atoms with van der Waals surface area (Å²) in [6.07, 6.45) is 5.14. The molecule has 0 saturated carbocycles.